The summed E-state index contributed by atoms with van der Waals surface area (Å²) in [5.74, 6) is 2.21. The van der Waals surface area contributed by atoms with E-state index in [1.165, 1.54) is 0 Å². The van der Waals surface area contributed by atoms with Gasteiger partial charge in [0, 0.05) is 34.0 Å². The Morgan fingerprint density at radius 2 is 0.854 bits per heavy atom. The summed E-state index contributed by atoms with van der Waals surface area (Å²) in [6, 6.07) is 25.8. The molecule has 0 bridgehead atoms. The van der Waals surface area contributed by atoms with Crippen LogP contribution < -0.4 is 18.9 Å². The van der Waals surface area contributed by atoms with Crippen molar-refractivity contribution in [1.82, 2.24) is 0 Å². The quantitative estimate of drug-likeness (QED) is 0.133. The zero-order valence-corrected chi connectivity index (χ0v) is 27.6. The van der Waals surface area contributed by atoms with Gasteiger partial charge in [-0.2, -0.15) is 0 Å². The molecule has 2 heterocycles. The Morgan fingerprint density at radius 3 is 1.17 bits per heavy atom. The Morgan fingerprint density at radius 1 is 0.521 bits per heavy atom. The average Bonchev–Trinajstić information content (AvgIpc) is 3.69. The molecule has 10 heteroatoms. The molecule has 0 aliphatic rings. The summed E-state index contributed by atoms with van der Waals surface area (Å²) in [5, 5.41) is 1.26. The summed E-state index contributed by atoms with van der Waals surface area (Å²) in [4.78, 5) is 25.0. The van der Waals surface area contributed by atoms with Gasteiger partial charge in [-0.25, -0.2) is 9.59 Å². The van der Waals surface area contributed by atoms with Crippen LogP contribution in [0.1, 0.15) is 34.6 Å². The number of benzene rings is 4. The predicted octanol–water partition coefficient (Wildman–Crippen LogP) is 8.59. The first-order valence-electron chi connectivity index (χ1n) is 15.2. The zero-order chi connectivity index (χ0) is 34.2. The van der Waals surface area contributed by atoms with Gasteiger partial charge in [0.15, 0.2) is 23.0 Å². The van der Waals surface area contributed by atoms with Gasteiger partial charge in [-0.15, -0.1) is 0 Å². The Kier molecular flexibility index (Phi) is 10.5. The summed E-state index contributed by atoms with van der Waals surface area (Å²) >= 11 is 0. The van der Waals surface area contributed by atoms with Crippen LogP contribution in [0.4, 0.5) is 0 Å². The second kappa shape index (κ2) is 15.1. The molecule has 0 fully saturated rings. The van der Waals surface area contributed by atoms with E-state index in [0.29, 0.717) is 67.6 Å². The van der Waals surface area contributed by atoms with Crippen LogP contribution in [0.3, 0.4) is 0 Å². The molecule has 2 aromatic heterocycles. The van der Waals surface area contributed by atoms with Crippen molar-refractivity contribution in [2.45, 2.75) is 13.8 Å². The number of methoxy groups -OCH3 is 4. The van der Waals surface area contributed by atoms with Crippen LogP contribution in [-0.2, 0) is 9.47 Å². The molecule has 0 aliphatic heterocycles. The summed E-state index contributed by atoms with van der Waals surface area (Å²) < 4.78 is 43.6. The van der Waals surface area contributed by atoms with E-state index in [4.69, 9.17) is 37.3 Å². The molecule has 6 aromatic rings. The van der Waals surface area contributed by atoms with Crippen LogP contribution in [0.5, 0.6) is 23.0 Å². The lowest BCUT2D eigenvalue weighted by molar-refractivity contribution is 0.0519. The molecule has 0 radical (unpaired) electrons. The van der Waals surface area contributed by atoms with Gasteiger partial charge in [-0.05, 0) is 26.0 Å². The van der Waals surface area contributed by atoms with Gasteiger partial charge in [0.05, 0.1) is 41.7 Å². The number of fused-ring (bicyclic) bond motifs is 2. The lowest BCUT2D eigenvalue weighted by Gasteiger charge is -2.07. The summed E-state index contributed by atoms with van der Waals surface area (Å²) in [6.07, 6.45) is 0. The molecular formula is C38H36O10. The Labute approximate surface area is 277 Å². The Balaban J connectivity index is 0.000000188. The highest BCUT2D eigenvalue weighted by molar-refractivity contribution is 6.10. The lowest BCUT2D eigenvalue weighted by atomic mass is 10.1. The third-order valence-electron chi connectivity index (χ3n) is 7.42. The minimum absolute atomic E-state index is 0.285. The van der Waals surface area contributed by atoms with Gasteiger partial charge in [-0.1, -0.05) is 60.7 Å². The number of rotatable bonds is 10. The molecule has 0 unspecified atom stereocenters. The Bertz CT molecular complexity index is 1880. The number of furan rings is 2. The van der Waals surface area contributed by atoms with E-state index in [-0.39, 0.29) is 13.2 Å². The third-order valence-corrected chi connectivity index (χ3v) is 7.42. The molecule has 0 amide bonds. The number of hydrogen-bond donors (Lipinski definition) is 0. The maximum atomic E-state index is 12.5. The second-order valence-electron chi connectivity index (χ2n) is 10.2. The molecule has 0 atom stereocenters. The number of carbonyl (C=O) groups excluding carboxylic acids is 2. The van der Waals surface area contributed by atoms with E-state index in [9.17, 15) is 9.59 Å². The molecule has 0 saturated carbocycles. The average molecular weight is 653 g/mol. The molecule has 0 spiro atoms. The van der Waals surface area contributed by atoms with Crippen molar-refractivity contribution >= 4 is 33.9 Å². The molecule has 0 N–H and O–H groups in total. The maximum Gasteiger partial charge on any atom is 0.342 e. The van der Waals surface area contributed by atoms with Gasteiger partial charge < -0.3 is 37.3 Å². The third kappa shape index (κ3) is 6.64. The van der Waals surface area contributed by atoms with Crippen LogP contribution in [0.2, 0.25) is 0 Å². The number of hydrogen-bond acceptors (Lipinski definition) is 10. The molecule has 10 nitrogen and oxygen atoms in total. The van der Waals surface area contributed by atoms with E-state index in [0.717, 1.165) is 11.1 Å². The first kappa shape index (κ1) is 33.5. The summed E-state index contributed by atoms with van der Waals surface area (Å²) in [6.45, 7) is 4.11. The van der Waals surface area contributed by atoms with E-state index < -0.39 is 11.9 Å². The van der Waals surface area contributed by atoms with Crippen molar-refractivity contribution in [2.75, 3.05) is 41.7 Å². The smallest absolute Gasteiger partial charge is 0.342 e. The minimum Gasteiger partial charge on any atom is -0.493 e. The van der Waals surface area contributed by atoms with Crippen molar-refractivity contribution in [1.29, 1.82) is 0 Å². The molecule has 248 valence electrons. The topological polar surface area (TPSA) is 116 Å². The van der Waals surface area contributed by atoms with Gasteiger partial charge >= 0.3 is 11.9 Å². The van der Waals surface area contributed by atoms with Gasteiger partial charge in [0.25, 0.3) is 0 Å². The van der Waals surface area contributed by atoms with Gasteiger partial charge in [0.1, 0.15) is 33.8 Å². The van der Waals surface area contributed by atoms with Crippen molar-refractivity contribution in [2.24, 2.45) is 0 Å². The highest BCUT2D eigenvalue weighted by Crippen LogP contribution is 2.41. The highest BCUT2D eigenvalue weighted by Gasteiger charge is 2.26. The maximum absolute atomic E-state index is 12.5. The fraction of sp³-hybridized carbons (Fsp3) is 0.211. The van der Waals surface area contributed by atoms with E-state index >= 15 is 0 Å². The molecular weight excluding hydrogens is 616 g/mol. The Hall–Kier alpha value is -5.90. The van der Waals surface area contributed by atoms with Crippen molar-refractivity contribution in [3.8, 4) is 45.6 Å². The SMILES string of the molecule is CCOC(=O)c1c(-c2ccccc2)oc2cc(OC)c(OC)cc12.CCOC(=O)c1c(-c2ccccc2)oc2cc(OC)c(OC)cc12. The van der Waals surface area contributed by atoms with E-state index in [1.807, 2.05) is 60.7 Å². The molecule has 48 heavy (non-hydrogen) atoms. The predicted molar refractivity (Wildman–Crippen MR) is 181 cm³/mol. The summed E-state index contributed by atoms with van der Waals surface area (Å²) in [7, 11) is 6.20. The van der Waals surface area contributed by atoms with Crippen molar-refractivity contribution < 1.29 is 46.8 Å². The van der Waals surface area contributed by atoms with Crippen LogP contribution in [0.15, 0.2) is 93.8 Å². The summed E-state index contributed by atoms with van der Waals surface area (Å²) in [5.41, 5.74) is 3.45. The fourth-order valence-electron chi connectivity index (χ4n) is 5.24. The van der Waals surface area contributed by atoms with Crippen LogP contribution >= 0.6 is 0 Å². The monoisotopic (exact) mass is 652 g/mol. The normalized spacial score (nSPS) is 10.6. The van der Waals surface area contributed by atoms with Crippen LogP contribution in [-0.4, -0.2) is 53.6 Å². The lowest BCUT2D eigenvalue weighted by Crippen LogP contribution is -2.05. The number of ether oxygens (including phenoxy) is 6. The minimum atomic E-state index is -0.428. The van der Waals surface area contributed by atoms with Gasteiger partial charge in [0.2, 0.25) is 0 Å². The fourth-order valence-corrected chi connectivity index (χ4v) is 5.24. The largest absolute Gasteiger partial charge is 0.493 e. The molecule has 0 aliphatic carbocycles. The second-order valence-corrected chi connectivity index (χ2v) is 10.2. The van der Waals surface area contributed by atoms with Crippen molar-refractivity contribution in [3.63, 3.8) is 0 Å². The molecule has 6 rings (SSSR count). The van der Waals surface area contributed by atoms with Gasteiger partial charge in [-0.3, -0.25) is 0 Å². The zero-order valence-electron chi connectivity index (χ0n) is 27.6. The standard InChI is InChI=1S/2C19H18O5/c2*1-4-23-19(20)17-13-10-15(21-2)16(22-3)11-14(13)24-18(17)12-8-6-5-7-9-12/h2*5-11H,4H2,1-3H3. The van der Waals surface area contributed by atoms with E-state index in [1.54, 1.807) is 66.6 Å². The first-order valence-corrected chi connectivity index (χ1v) is 15.2. The van der Waals surface area contributed by atoms with Crippen LogP contribution in [0.25, 0.3) is 44.6 Å². The number of carbonyl (C=O) groups is 2. The highest BCUT2D eigenvalue weighted by atomic mass is 16.5. The number of esters is 2. The van der Waals surface area contributed by atoms with E-state index in [2.05, 4.69) is 0 Å². The first-order chi connectivity index (χ1) is 23.4. The van der Waals surface area contributed by atoms with Crippen LogP contribution in [0, 0.1) is 0 Å². The molecule has 4 aromatic carbocycles. The molecule has 0 saturated heterocycles. The van der Waals surface area contributed by atoms with Crippen molar-refractivity contribution in [3.05, 3.63) is 96.1 Å².